The predicted molar refractivity (Wildman–Crippen MR) is 67.6 cm³/mol. The minimum atomic E-state index is -3.71. The molecular formula is C11H10N4O3S. The van der Waals surface area contributed by atoms with E-state index in [1.807, 2.05) is 0 Å². The van der Waals surface area contributed by atoms with Crippen LogP contribution in [-0.2, 0) is 10.0 Å². The van der Waals surface area contributed by atoms with Crippen molar-refractivity contribution in [1.29, 1.82) is 0 Å². The molecule has 0 unspecified atom stereocenters. The molecule has 2 aromatic heterocycles. The van der Waals surface area contributed by atoms with E-state index in [2.05, 4.69) is 31.7 Å². The largest absolute Gasteiger partial charge is 0.384 e. The second-order valence-corrected chi connectivity index (χ2v) is 5.09. The van der Waals surface area contributed by atoms with Crippen LogP contribution in [0.1, 0.15) is 5.69 Å². The molecule has 0 saturated carbocycles. The van der Waals surface area contributed by atoms with Crippen molar-refractivity contribution in [3.05, 3.63) is 36.3 Å². The predicted octanol–water partition coefficient (Wildman–Crippen LogP) is -0.0507. The van der Waals surface area contributed by atoms with Gasteiger partial charge in [-0.15, -0.1) is 0 Å². The highest BCUT2D eigenvalue weighted by Crippen LogP contribution is 2.12. The molecule has 0 amide bonds. The third-order valence-electron chi connectivity index (χ3n) is 2.07. The summed E-state index contributed by atoms with van der Waals surface area (Å²) in [4.78, 5) is 4.01. The van der Waals surface area contributed by atoms with Crippen LogP contribution in [0.15, 0.2) is 35.5 Å². The van der Waals surface area contributed by atoms with E-state index in [9.17, 15) is 8.42 Å². The Hall–Kier alpha value is -2.37. The highest BCUT2D eigenvalue weighted by atomic mass is 32.2. The van der Waals surface area contributed by atoms with Gasteiger partial charge in [0, 0.05) is 6.20 Å². The first-order chi connectivity index (χ1) is 9.12. The summed E-state index contributed by atoms with van der Waals surface area (Å²) < 4.78 is 26.1. The maximum Gasteiger partial charge on any atom is 0.266 e. The van der Waals surface area contributed by atoms with Crippen molar-refractivity contribution in [2.75, 3.05) is 11.3 Å². The first-order valence-electron chi connectivity index (χ1n) is 5.20. The Morgan fingerprint density at radius 1 is 1.42 bits per heavy atom. The number of pyridine rings is 1. The molecule has 0 fully saturated rings. The van der Waals surface area contributed by atoms with Crippen LogP contribution in [0, 0.1) is 11.8 Å². The van der Waals surface area contributed by atoms with Crippen molar-refractivity contribution in [3.8, 4) is 11.8 Å². The van der Waals surface area contributed by atoms with Gasteiger partial charge in [-0.1, -0.05) is 12.0 Å². The maximum atomic E-state index is 11.9. The summed E-state index contributed by atoms with van der Waals surface area (Å²) in [7, 11) is -3.71. The fraction of sp³-hybridized carbons (Fsp3) is 0.0909. The van der Waals surface area contributed by atoms with Crippen LogP contribution in [0.5, 0.6) is 0 Å². The van der Waals surface area contributed by atoms with Crippen LogP contribution in [0.3, 0.4) is 0 Å². The number of sulfonamides is 1. The summed E-state index contributed by atoms with van der Waals surface area (Å²) >= 11 is 0. The van der Waals surface area contributed by atoms with Gasteiger partial charge >= 0.3 is 0 Å². The lowest BCUT2D eigenvalue weighted by molar-refractivity contribution is 0.350. The van der Waals surface area contributed by atoms with Crippen molar-refractivity contribution in [2.24, 2.45) is 0 Å². The summed E-state index contributed by atoms with van der Waals surface area (Å²) in [6.07, 6.45) is 2.45. The Bertz CT molecular complexity index is 714. The lowest BCUT2D eigenvalue weighted by atomic mass is 10.3. The number of aliphatic hydroxyl groups excluding tert-OH is 1. The summed E-state index contributed by atoms with van der Waals surface area (Å²) in [5, 5.41) is 14.6. The first-order valence-corrected chi connectivity index (χ1v) is 6.68. The number of H-pyrrole nitrogens is 1. The number of hydrogen-bond donors (Lipinski definition) is 3. The van der Waals surface area contributed by atoms with Crippen LogP contribution in [0.25, 0.3) is 0 Å². The maximum absolute atomic E-state index is 11.9. The number of hydrogen-bond acceptors (Lipinski definition) is 5. The molecule has 0 aromatic carbocycles. The Kier molecular flexibility index (Phi) is 3.79. The second kappa shape index (κ2) is 5.51. The molecule has 7 nitrogen and oxygen atoms in total. The van der Waals surface area contributed by atoms with Crippen LogP contribution in [0.2, 0.25) is 0 Å². The van der Waals surface area contributed by atoms with Gasteiger partial charge in [0.1, 0.15) is 23.0 Å². The topological polar surface area (TPSA) is 108 Å². The molecule has 98 valence electrons. The van der Waals surface area contributed by atoms with E-state index >= 15 is 0 Å². The van der Waals surface area contributed by atoms with E-state index in [-0.39, 0.29) is 17.3 Å². The Morgan fingerprint density at radius 2 is 2.26 bits per heavy atom. The quantitative estimate of drug-likeness (QED) is 0.682. The molecule has 0 bridgehead atoms. The molecule has 0 spiro atoms. The molecule has 8 heteroatoms. The average molecular weight is 278 g/mol. The SMILES string of the molecule is O=S(=O)(Nc1cccc(C#CCO)n1)c1cn[nH]c1. The lowest BCUT2D eigenvalue weighted by Gasteiger charge is -2.04. The highest BCUT2D eigenvalue weighted by molar-refractivity contribution is 7.92. The van der Waals surface area contributed by atoms with Gasteiger partial charge in [0.05, 0.1) is 6.20 Å². The molecule has 2 heterocycles. The molecule has 0 saturated heterocycles. The van der Waals surface area contributed by atoms with Gasteiger partial charge in [-0.3, -0.25) is 9.82 Å². The molecule has 0 radical (unpaired) electrons. The summed E-state index contributed by atoms with van der Waals surface area (Å²) in [6, 6.07) is 4.72. The van der Waals surface area contributed by atoms with Crippen LogP contribution < -0.4 is 4.72 Å². The number of rotatable bonds is 3. The molecule has 2 rings (SSSR count). The smallest absolute Gasteiger partial charge is 0.266 e. The number of aromatic nitrogens is 3. The van der Waals surface area contributed by atoms with Gasteiger partial charge in [-0.25, -0.2) is 13.4 Å². The standard InChI is InChI=1S/C11H10N4O3S/c16-6-2-4-9-3-1-5-11(14-9)15-19(17,18)10-7-12-13-8-10/h1,3,5,7-8,16H,6H2,(H,12,13)(H,14,15). The van der Waals surface area contributed by atoms with Gasteiger partial charge in [-0.05, 0) is 18.1 Å². The molecule has 3 N–H and O–H groups in total. The van der Waals surface area contributed by atoms with E-state index in [0.717, 1.165) is 0 Å². The van der Waals surface area contributed by atoms with E-state index in [1.165, 1.54) is 18.5 Å². The number of aliphatic hydroxyl groups is 1. The van der Waals surface area contributed by atoms with Crippen molar-refractivity contribution in [3.63, 3.8) is 0 Å². The summed E-state index contributed by atoms with van der Waals surface area (Å²) in [5.74, 6) is 5.17. The van der Waals surface area contributed by atoms with E-state index in [4.69, 9.17) is 5.11 Å². The molecule has 0 aliphatic heterocycles. The third-order valence-corrected chi connectivity index (χ3v) is 3.39. The lowest BCUT2D eigenvalue weighted by Crippen LogP contribution is -2.13. The highest BCUT2D eigenvalue weighted by Gasteiger charge is 2.15. The van der Waals surface area contributed by atoms with Crippen LogP contribution in [-0.4, -0.2) is 35.3 Å². The normalized spacial score (nSPS) is 10.6. The minimum absolute atomic E-state index is 0.0149. The molecule has 2 aromatic rings. The molecular weight excluding hydrogens is 268 g/mol. The van der Waals surface area contributed by atoms with E-state index in [0.29, 0.717) is 5.69 Å². The van der Waals surface area contributed by atoms with E-state index in [1.54, 1.807) is 12.1 Å². The molecule has 0 aliphatic rings. The molecule has 19 heavy (non-hydrogen) atoms. The van der Waals surface area contributed by atoms with Gasteiger partial charge in [0.25, 0.3) is 10.0 Å². The van der Waals surface area contributed by atoms with Crippen LogP contribution >= 0.6 is 0 Å². The summed E-state index contributed by atoms with van der Waals surface area (Å²) in [6.45, 7) is -0.285. The number of aromatic amines is 1. The number of nitrogens with zero attached hydrogens (tertiary/aromatic N) is 2. The number of anilines is 1. The van der Waals surface area contributed by atoms with E-state index < -0.39 is 10.0 Å². The molecule has 0 aliphatic carbocycles. The fourth-order valence-corrected chi connectivity index (χ4v) is 2.18. The monoisotopic (exact) mass is 278 g/mol. The fourth-order valence-electron chi connectivity index (χ4n) is 1.27. The first kappa shape index (κ1) is 13.1. The zero-order chi connectivity index (χ0) is 13.7. The Labute approximate surface area is 109 Å². The summed E-state index contributed by atoms with van der Waals surface area (Å²) in [5.41, 5.74) is 0.362. The van der Waals surface area contributed by atoms with Gasteiger partial charge in [0.15, 0.2) is 0 Å². The Morgan fingerprint density at radius 3 is 2.95 bits per heavy atom. The van der Waals surface area contributed by atoms with Gasteiger partial charge in [0.2, 0.25) is 0 Å². The Balaban J connectivity index is 2.25. The average Bonchev–Trinajstić information content (AvgIpc) is 2.91. The van der Waals surface area contributed by atoms with Crippen molar-refractivity contribution < 1.29 is 13.5 Å². The zero-order valence-corrected chi connectivity index (χ0v) is 10.5. The van der Waals surface area contributed by atoms with Crippen molar-refractivity contribution in [1.82, 2.24) is 15.2 Å². The van der Waals surface area contributed by atoms with Gasteiger partial charge in [-0.2, -0.15) is 5.10 Å². The minimum Gasteiger partial charge on any atom is -0.384 e. The van der Waals surface area contributed by atoms with Gasteiger partial charge < -0.3 is 5.11 Å². The van der Waals surface area contributed by atoms with Crippen LogP contribution in [0.4, 0.5) is 5.82 Å². The second-order valence-electron chi connectivity index (χ2n) is 3.41. The third kappa shape index (κ3) is 3.31. The molecule has 0 atom stereocenters. The van der Waals surface area contributed by atoms with Crippen molar-refractivity contribution in [2.45, 2.75) is 4.90 Å². The zero-order valence-electron chi connectivity index (χ0n) is 9.66. The number of nitrogens with one attached hydrogen (secondary N) is 2. The van der Waals surface area contributed by atoms with Crippen molar-refractivity contribution >= 4 is 15.8 Å².